The predicted molar refractivity (Wildman–Crippen MR) is 111 cm³/mol. The van der Waals surface area contributed by atoms with Gasteiger partial charge in [0.05, 0.1) is 16.3 Å². The number of thiophene rings is 1. The summed E-state index contributed by atoms with van der Waals surface area (Å²) in [6.45, 7) is 3.58. The van der Waals surface area contributed by atoms with E-state index in [0.717, 1.165) is 5.56 Å². The standard InChI is InChI=1S/C19H20N4O6S2/c1-3-18-22-19(23-29-18)15-7-16(11(2)30-15)31(25,26)21-9-17(24)20-8-12-4-5-13-14(6-12)28-10-27-13/h4-7,21H,3,8-10H2,1-2H3,(H,20,24). The van der Waals surface area contributed by atoms with E-state index in [1.807, 2.05) is 6.92 Å². The van der Waals surface area contributed by atoms with Crippen molar-refractivity contribution in [3.8, 4) is 22.2 Å². The van der Waals surface area contributed by atoms with Gasteiger partial charge in [-0.2, -0.15) is 4.98 Å². The molecule has 0 bridgehead atoms. The quantitative estimate of drug-likeness (QED) is 0.517. The van der Waals surface area contributed by atoms with Gasteiger partial charge in [-0.15, -0.1) is 11.3 Å². The van der Waals surface area contributed by atoms with E-state index in [9.17, 15) is 13.2 Å². The molecule has 0 unspecified atom stereocenters. The number of nitrogens with zero attached hydrogens (tertiary/aromatic N) is 2. The molecule has 12 heteroatoms. The van der Waals surface area contributed by atoms with Crippen molar-refractivity contribution in [2.75, 3.05) is 13.3 Å². The van der Waals surface area contributed by atoms with Gasteiger partial charge in [0.2, 0.25) is 34.4 Å². The van der Waals surface area contributed by atoms with Crippen LogP contribution in [0.4, 0.5) is 0 Å². The third kappa shape index (κ3) is 4.70. The number of benzene rings is 1. The van der Waals surface area contributed by atoms with Crippen molar-refractivity contribution in [2.24, 2.45) is 0 Å². The van der Waals surface area contributed by atoms with Crippen molar-refractivity contribution in [3.05, 3.63) is 40.6 Å². The molecule has 1 aliphatic heterocycles. The summed E-state index contributed by atoms with van der Waals surface area (Å²) in [7, 11) is -3.89. The zero-order valence-electron chi connectivity index (χ0n) is 16.8. The van der Waals surface area contributed by atoms with Gasteiger partial charge in [-0.25, -0.2) is 13.1 Å². The SMILES string of the molecule is CCc1nc(-c2cc(S(=O)(=O)NCC(=O)NCc3ccc4c(c3)OCO4)c(C)s2)no1. The number of carbonyl (C=O) groups excluding carboxylic acids is 1. The highest BCUT2D eigenvalue weighted by Gasteiger charge is 2.23. The largest absolute Gasteiger partial charge is 0.454 e. The molecule has 3 heterocycles. The maximum atomic E-state index is 12.7. The van der Waals surface area contributed by atoms with Crippen LogP contribution in [0.25, 0.3) is 10.7 Å². The second-order valence-corrected chi connectivity index (χ2v) is 9.68. The van der Waals surface area contributed by atoms with Crippen molar-refractivity contribution in [1.82, 2.24) is 20.2 Å². The summed E-state index contributed by atoms with van der Waals surface area (Å²) >= 11 is 1.24. The molecule has 2 N–H and O–H groups in total. The number of fused-ring (bicyclic) bond motifs is 1. The summed E-state index contributed by atoms with van der Waals surface area (Å²) in [6.07, 6.45) is 0.589. The molecule has 0 aliphatic carbocycles. The minimum absolute atomic E-state index is 0.0823. The number of nitrogens with one attached hydrogen (secondary N) is 2. The first-order chi connectivity index (χ1) is 14.9. The molecule has 0 radical (unpaired) electrons. The first kappa shape index (κ1) is 21.3. The van der Waals surface area contributed by atoms with Crippen LogP contribution in [-0.2, 0) is 27.8 Å². The van der Waals surface area contributed by atoms with E-state index >= 15 is 0 Å². The number of rotatable bonds is 8. The Labute approximate surface area is 182 Å². The number of aryl methyl sites for hydroxylation is 2. The third-order valence-corrected chi connectivity index (χ3v) is 7.21. The van der Waals surface area contributed by atoms with Crippen LogP contribution in [0.5, 0.6) is 11.5 Å². The number of sulfonamides is 1. The van der Waals surface area contributed by atoms with E-state index < -0.39 is 15.9 Å². The second kappa shape index (κ2) is 8.65. The summed E-state index contributed by atoms with van der Waals surface area (Å²) < 4.78 is 43.3. The van der Waals surface area contributed by atoms with E-state index in [2.05, 4.69) is 20.2 Å². The lowest BCUT2D eigenvalue weighted by Gasteiger charge is -2.08. The normalized spacial score (nSPS) is 12.8. The molecule has 0 atom stereocenters. The Bertz CT molecular complexity index is 1220. The average Bonchev–Trinajstić information content (AvgIpc) is 3.49. The van der Waals surface area contributed by atoms with Crippen LogP contribution in [-0.4, -0.2) is 37.8 Å². The van der Waals surface area contributed by atoms with Crippen molar-refractivity contribution in [2.45, 2.75) is 31.7 Å². The van der Waals surface area contributed by atoms with Gasteiger partial charge in [-0.3, -0.25) is 4.79 Å². The van der Waals surface area contributed by atoms with E-state index in [4.69, 9.17) is 14.0 Å². The molecule has 31 heavy (non-hydrogen) atoms. The molecule has 1 aliphatic rings. The molecular weight excluding hydrogens is 444 g/mol. The highest BCUT2D eigenvalue weighted by molar-refractivity contribution is 7.89. The summed E-state index contributed by atoms with van der Waals surface area (Å²) in [6, 6.07) is 6.81. The molecule has 4 rings (SSSR count). The fraction of sp³-hybridized carbons (Fsp3) is 0.316. The smallest absolute Gasteiger partial charge is 0.242 e. The van der Waals surface area contributed by atoms with Gasteiger partial charge in [-0.1, -0.05) is 18.1 Å². The lowest BCUT2D eigenvalue weighted by molar-refractivity contribution is -0.120. The summed E-state index contributed by atoms with van der Waals surface area (Å²) in [5.41, 5.74) is 0.810. The topological polar surface area (TPSA) is 133 Å². The minimum atomic E-state index is -3.89. The monoisotopic (exact) mass is 464 g/mol. The Balaban J connectivity index is 1.36. The van der Waals surface area contributed by atoms with Crippen molar-refractivity contribution < 1.29 is 27.2 Å². The molecule has 0 saturated carbocycles. The van der Waals surface area contributed by atoms with Crippen LogP contribution in [0.2, 0.25) is 0 Å². The molecule has 2 aromatic heterocycles. The molecule has 3 aromatic rings. The fourth-order valence-electron chi connectivity index (χ4n) is 2.89. The van der Waals surface area contributed by atoms with Gasteiger partial charge in [0.25, 0.3) is 0 Å². The summed E-state index contributed by atoms with van der Waals surface area (Å²) in [5, 5.41) is 6.55. The number of amides is 1. The Morgan fingerprint density at radius 2 is 2.03 bits per heavy atom. The second-order valence-electron chi connectivity index (χ2n) is 6.69. The number of carbonyl (C=O) groups is 1. The van der Waals surface area contributed by atoms with E-state index in [1.165, 1.54) is 17.4 Å². The van der Waals surface area contributed by atoms with E-state index in [0.29, 0.717) is 39.4 Å². The molecular formula is C19H20N4O6S2. The number of hydrogen-bond acceptors (Lipinski definition) is 9. The lowest BCUT2D eigenvalue weighted by Crippen LogP contribution is -2.36. The number of aromatic nitrogens is 2. The maximum Gasteiger partial charge on any atom is 0.242 e. The molecule has 0 saturated heterocycles. The Morgan fingerprint density at radius 3 is 2.81 bits per heavy atom. The zero-order valence-corrected chi connectivity index (χ0v) is 18.4. The van der Waals surface area contributed by atoms with Crippen LogP contribution in [0.15, 0.2) is 33.7 Å². The molecule has 10 nitrogen and oxygen atoms in total. The highest BCUT2D eigenvalue weighted by Crippen LogP contribution is 2.33. The van der Waals surface area contributed by atoms with Crippen LogP contribution in [0.1, 0.15) is 23.3 Å². The van der Waals surface area contributed by atoms with Crippen LogP contribution in [0.3, 0.4) is 0 Å². The Hall–Kier alpha value is -2.96. The predicted octanol–water partition coefficient (Wildman–Crippen LogP) is 1.99. The van der Waals surface area contributed by atoms with Crippen LogP contribution in [0, 0.1) is 6.92 Å². The van der Waals surface area contributed by atoms with Gasteiger partial charge >= 0.3 is 0 Å². The average molecular weight is 465 g/mol. The van der Waals surface area contributed by atoms with Gasteiger partial charge in [0, 0.05) is 17.8 Å². The van der Waals surface area contributed by atoms with Gasteiger partial charge in [-0.05, 0) is 30.7 Å². The summed E-state index contributed by atoms with van der Waals surface area (Å²) in [4.78, 5) is 17.6. The van der Waals surface area contributed by atoms with Crippen molar-refractivity contribution >= 4 is 27.3 Å². The molecule has 0 spiro atoms. The molecule has 1 amide bonds. The molecule has 1 aromatic carbocycles. The molecule has 0 fully saturated rings. The van der Waals surface area contributed by atoms with Crippen molar-refractivity contribution in [3.63, 3.8) is 0 Å². The van der Waals surface area contributed by atoms with Gasteiger partial charge in [0.1, 0.15) is 0 Å². The number of ether oxygens (including phenoxy) is 2. The third-order valence-electron chi connectivity index (χ3n) is 4.50. The number of hydrogen-bond donors (Lipinski definition) is 2. The van der Waals surface area contributed by atoms with Gasteiger partial charge in [0.15, 0.2) is 11.5 Å². The summed E-state index contributed by atoms with van der Waals surface area (Å²) in [5.74, 6) is 1.62. The van der Waals surface area contributed by atoms with Gasteiger partial charge < -0.3 is 19.3 Å². The highest BCUT2D eigenvalue weighted by atomic mass is 32.2. The first-order valence-electron chi connectivity index (χ1n) is 9.44. The first-order valence-corrected chi connectivity index (χ1v) is 11.7. The molecule has 164 valence electrons. The van der Waals surface area contributed by atoms with Crippen LogP contribution >= 0.6 is 11.3 Å². The van der Waals surface area contributed by atoms with Crippen LogP contribution < -0.4 is 19.5 Å². The fourth-order valence-corrected chi connectivity index (χ4v) is 5.39. The lowest BCUT2D eigenvalue weighted by atomic mass is 10.2. The van der Waals surface area contributed by atoms with E-state index in [-0.39, 0.29) is 24.8 Å². The maximum absolute atomic E-state index is 12.7. The van der Waals surface area contributed by atoms with Crippen molar-refractivity contribution in [1.29, 1.82) is 0 Å². The minimum Gasteiger partial charge on any atom is -0.454 e. The van der Waals surface area contributed by atoms with E-state index in [1.54, 1.807) is 25.1 Å². The Kier molecular flexibility index (Phi) is 5.94. The zero-order chi connectivity index (χ0) is 22.0. The Morgan fingerprint density at radius 1 is 1.23 bits per heavy atom.